The van der Waals surface area contributed by atoms with Crippen molar-refractivity contribution >= 4 is 28.6 Å². The summed E-state index contributed by atoms with van der Waals surface area (Å²) in [7, 11) is 1.56. The molecule has 0 atom stereocenters. The first-order valence-corrected chi connectivity index (χ1v) is 6.72. The topological polar surface area (TPSA) is 48.4 Å². The smallest absolute Gasteiger partial charge is 0.357 e. The standard InChI is InChI=1S/C11H11NO3S2/c1-14-4-5-15-11(13)8-7-17-10(12-8)9-3-2-6-16-9/h2-3,6-7H,4-5H2,1H3. The molecule has 2 rings (SSSR count). The average Bonchev–Trinajstić information content (AvgIpc) is 3.00. The fraction of sp³-hybridized carbons (Fsp3) is 0.273. The summed E-state index contributed by atoms with van der Waals surface area (Å²) in [5.74, 6) is -0.402. The zero-order chi connectivity index (χ0) is 12.1. The first-order chi connectivity index (χ1) is 8.31. The summed E-state index contributed by atoms with van der Waals surface area (Å²) in [4.78, 5) is 16.9. The van der Waals surface area contributed by atoms with Crippen LogP contribution in [0.2, 0.25) is 0 Å². The van der Waals surface area contributed by atoms with Crippen LogP contribution in [0.4, 0.5) is 0 Å². The predicted molar refractivity (Wildman–Crippen MR) is 67.6 cm³/mol. The summed E-state index contributed by atoms with van der Waals surface area (Å²) in [6.07, 6.45) is 0. The first-order valence-electron chi connectivity index (χ1n) is 4.96. The lowest BCUT2D eigenvalue weighted by atomic mass is 10.4. The Morgan fingerprint density at radius 2 is 2.29 bits per heavy atom. The molecule has 4 nitrogen and oxygen atoms in total. The van der Waals surface area contributed by atoms with E-state index in [1.54, 1.807) is 23.8 Å². The van der Waals surface area contributed by atoms with E-state index in [0.29, 0.717) is 12.3 Å². The molecule has 0 saturated carbocycles. The number of ether oxygens (including phenoxy) is 2. The Labute approximate surface area is 107 Å². The van der Waals surface area contributed by atoms with Crippen LogP contribution in [0.15, 0.2) is 22.9 Å². The molecule has 0 unspecified atom stereocenters. The van der Waals surface area contributed by atoms with Gasteiger partial charge in [-0.2, -0.15) is 0 Å². The molecule has 2 heterocycles. The molecule has 17 heavy (non-hydrogen) atoms. The van der Waals surface area contributed by atoms with Gasteiger partial charge in [0.1, 0.15) is 11.6 Å². The van der Waals surface area contributed by atoms with Crippen molar-refractivity contribution in [2.24, 2.45) is 0 Å². The minimum Gasteiger partial charge on any atom is -0.458 e. The van der Waals surface area contributed by atoms with Gasteiger partial charge in [0.05, 0.1) is 11.5 Å². The Hall–Kier alpha value is -1.24. The summed E-state index contributed by atoms with van der Waals surface area (Å²) in [6.45, 7) is 0.648. The second-order valence-corrected chi connectivity index (χ2v) is 4.95. The van der Waals surface area contributed by atoms with Crippen molar-refractivity contribution in [3.63, 3.8) is 0 Å². The molecule has 0 bridgehead atoms. The number of esters is 1. The van der Waals surface area contributed by atoms with Crippen molar-refractivity contribution in [3.8, 4) is 9.88 Å². The fourth-order valence-corrected chi connectivity index (χ4v) is 2.78. The number of methoxy groups -OCH3 is 1. The van der Waals surface area contributed by atoms with Crippen LogP contribution < -0.4 is 0 Å². The zero-order valence-corrected chi connectivity index (χ0v) is 10.8. The van der Waals surface area contributed by atoms with Gasteiger partial charge in [-0.1, -0.05) is 6.07 Å². The Bertz CT molecular complexity index is 479. The normalized spacial score (nSPS) is 10.4. The van der Waals surface area contributed by atoms with Gasteiger partial charge in [-0.3, -0.25) is 0 Å². The lowest BCUT2D eigenvalue weighted by Crippen LogP contribution is -2.10. The molecule has 0 fully saturated rings. The van der Waals surface area contributed by atoms with Crippen molar-refractivity contribution in [1.29, 1.82) is 0 Å². The SMILES string of the molecule is COCCOC(=O)c1csc(-c2cccs2)n1. The lowest BCUT2D eigenvalue weighted by Gasteiger charge is -2.00. The van der Waals surface area contributed by atoms with Crippen molar-refractivity contribution in [2.45, 2.75) is 0 Å². The van der Waals surface area contributed by atoms with Crippen LogP contribution >= 0.6 is 22.7 Å². The van der Waals surface area contributed by atoms with E-state index in [-0.39, 0.29) is 6.61 Å². The third kappa shape index (κ3) is 3.12. The van der Waals surface area contributed by atoms with Gasteiger partial charge in [-0.05, 0) is 11.4 Å². The van der Waals surface area contributed by atoms with E-state index in [1.165, 1.54) is 11.3 Å². The van der Waals surface area contributed by atoms with Crippen molar-refractivity contribution < 1.29 is 14.3 Å². The second kappa shape index (κ2) is 5.90. The molecular formula is C11H11NO3S2. The summed E-state index contributed by atoms with van der Waals surface area (Å²) in [5, 5.41) is 4.54. The summed E-state index contributed by atoms with van der Waals surface area (Å²) >= 11 is 3.04. The Morgan fingerprint density at radius 3 is 3.00 bits per heavy atom. The number of carbonyl (C=O) groups excluding carboxylic acids is 1. The van der Waals surface area contributed by atoms with Gasteiger partial charge in [0, 0.05) is 12.5 Å². The third-order valence-electron chi connectivity index (χ3n) is 1.97. The molecule has 0 amide bonds. The number of thiophene rings is 1. The van der Waals surface area contributed by atoms with E-state index < -0.39 is 5.97 Å². The van der Waals surface area contributed by atoms with Crippen molar-refractivity contribution in [2.75, 3.05) is 20.3 Å². The number of hydrogen-bond donors (Lipinski definition) is 0. The van der Waals surface area contributed by atoms with Crippen LogP contribution in [0.3, 0.4) is 0 Å². The van der Waals surface area contributed by atoms with E-state index in [0.717, 1.165) is 9.88 Å². The first kappa shape index (κ1) is 12.2. The second-order valence-electron chi connectivity index (χ2n) is 3.14. The highest BCUT2D eigenvalue weighted by Crippen LogP contribution is 2.27. The molecule has 90 valence electrons. The summed E-state index contributed by atoms with van der Waals surface area (Å²) in [5.41, 5.74) is 0.356. The predicted octanol–water partition coefficient (Wildman–Crippen LogP) is 2.67. The van der Waals surface area contributed by atoms with E-state index in [1.807, 2.05) is 17.5 Å². The molecule has 0 aliphatic heterocycles. The molecule has 0 radical (unpaired) electrons. The number of thiazole rings is 1. The van der Waals surface area contributed by atoms with Crippen LogP contribution in [-0.2, 0) is 9.47 Å². The maximum absolute atomic E-state index is 11.6. The number of aromatic nitrogens is 1. The monoisotopic (exact) mass is 269 g/mol. The highest BCUT2D eigenvalue weighted by Gasteiger charge is 2.13. The number of rotatable bonds is 5. The Kier molecular flexibility index (Phi) is 4.24. The van der Waals surface area contributed by atoms with E-state index in [9.17, 15) is 4.79 Å². The van der Waals surface area contributed by atoms with Crippen LogP contribution in [0.1, 0.15) is 10.5 Å². The Balaban J connectivity index is 2.01. The van der Waals surface area contributed by atoms with Crippen molar-refractivity contribution in [1.82, 2.24) is 4.98 Å². The quantitative estimate of drug-likeness (QED) is 0.618. The zero-order valence-electron chi connectivity index (χ0n) is 9.21. The maximum Gasteiger partial charge on any atom is 0.357 e. The third-order valence-corrected chi connectivity index (χ3v) is 3.85. The van der Waals surface area contributed by atoms with Gasteiger partial charge in [0.25, 0.3) is 0 Å². The molecule has 0 aromatic carbocycles. The van der Waals surface area contributed by atoms with Crippen LogP contribution in [0, 0.1) is 0 Å². The molecule has 2 aromatic rings. The summed E-state index contributed by atoms with van der Waals surface area (Å²) in [6, 6.07) is 3.93. The minimum absolute atomic E-state index is 0.251. The molecule has 0 saturated heterocycles. The van der Waals surface area contributed by atoms with Gasteiger partial charge in [-0.15, -0.1) is 22.7 Å². The molecule has 0 spiro atoms. The van der Waals surface area contributed by atoms with Crippen LogP contribution in [0.25, 0.3) is 9.88 Å². The van der Waals surface area contributed by atoms with Crippen molar-refractivity contribution in [3.05, 3.63) is 28.6 Å². The number of nitrogens with zero attached hydrogens (tertiary/aromatic N) is 1. The maximum atomic E-state index is 11.6. The van der Waals surface area contributed by atoms with Gasteiger partial charge in [0.15, 0.2) is 5.69 Å². The van der Waals surface area contributed by atoms with Crippen LogP contribution in [-0.4, -0.2) is 31.3 Å². The van der Waals surface area contributed by atoms with E-state index in [4.69, 9.17) is 9.47 Å². The molecule has 0 N–H and O–H groups in total. The average molecular weight is 269 g/mol. The highest BCUT2D eigenvalue weighted by atomic mass is 32.1. The lowest BCUT2D eigenvalue weighted by molar-refractivity contribution is 0.0382. The Morgan fingerprint density at radius 1 is 1.41 bits per heavy atom. The molecular weight excluding hydrogens is 258 g/mol. The fourth-order valence-electron chi connectivity index (χ4n) is 1.17. The molecule has 0 aliphatic carbocycles. The van der Waals surface area contributed by atoms with E-state index >= 15 is 0 Å². The number of hydrogen-bond acceptors (Lipinski definition) is 6. The minimum atomic E-state index is -0.402. The largest absolute Gasteiger partial charge is 0.458 e. The molecule has 6 heteroatoms. The number of carbonyl (C=O) groups is 1. The summed E-state index contributed by atoms with van der Waals surface area (Å²) < 4.78 is 9.78. The van der Waals surface area contributed by atoms with E-state index in [2.05, 4.69) is 4.98 Å². The van der Waals surface area contributed by atoms with Gasteiger partial charge < -0.3 is 9.47 Å². The van der Waals surface area contributed by atoms with Crippen LogP contribution in [0.5, 0.6) is 0 Å². The highest BCUT2D eigenvalue weighted by molar-refractivity contribution is 7.20. The molecule has 0 aliphatic rings. The van der Waals surface area contributed by atoms with Gasteiger partial charge in [-0.25, -0.2) is 9.78 Å². The van der Waals surface area contributed by atoms with Gasteiger partial charge in [0.2, 0.25) is 0 Å². The molecule has 2 aromatic heterocycles. The van der Waals surface area contributed by atoms with Gasteiger partial charge >= 0.3 is 5.97 Å².